The molecule has 3 nitrogen and oxygen atoms in total. The van der Waals surface area contributed by atoms with Gasteiger partial charge in [0.2, 0.25) is 0 Å². The number of carbonyl (C=O) groups excluding carboxylic acids is 2. The van der Waals surface area contributed by atoms with Crippen molar-refractivity contribution in [2.75, 3.05) is 7.11 Å². The fourth-order valence-corrected chi connectivity index (χ4v) is 1.14. The number of carbonyl (C=O) groups is 2. The third kappa shape index (κ3) is 8.97. The van der Waals surface area contributed by atoms with E-state index in [0.29, 0.717) is 6.42 Å². The molecule has 0 saturated heterocycles. The van der Waals surface area contributed by atoms with Gasteiger partial charge in [-0.25, -0.2) is 0 Å². The quantitative estimate of drug-likeness (QED) is 0.260. The molecule has 0 spiro atoms. The van der Waals surface area contributed by atoms with Crippen LogP contribution in [0.2, 0.25) is 0 Å². The molecule has 3 heteroatoms. The van der Waals surface area contributed by atoms with Gasteiger partial charge in [-0.1, -0.05) is 18.9 Å². The SMILES string of the molecule is COC(=O)CCCCCCC=CC=O. The number of hydrogen-bond donors (Lipinski definition) is 0. The molecule has 0 atom stereocenters. The minimum Gasteiger partial charge on any atom is -0.469 e. The Kier molecular flexibility index (Phi) is 9.17. The predicted octanol–water partition coefficient (Wildman–Crippen LogP) is 2.26. The largest absolute Gasteiger partial charge is 0.469 e. The fourth-order valence-electron chi connectivity index (χ4n) is 1.14. The van der Waals surface area contributed by atoms with Gasteiger partial charge < -0.3 is 4.74 Å². The van der Waals surface area contributed by atoms with E-state index in [0.717, 1.165) is 38.4 Å². The van der Waals surface area contributed by atoms with Crippen molar-refractivity contribution in [2.24, 2.45) is 0 Å². The summed E-state index contributed by atoms with van der Waals surface area (Å²) in [5.74, 6) is -0.133. The molecule has 0 aromatic heterocycles. The summed E-state index contributed by atoms with van der Waals surface area (Å²) in [6.07, 6.45) is 9.75. The Hall–Kier alpha value is -1.12. The molecule has 0 unspecified atom stereocenters. The number of methoxy groups -OCH3 is 1. The third-order valence-corrected chi connectivity index (χ3v) is 1.94. The van der Waals surface area contributed by atoms with Crippen LogP contribution in [0, 0.1) is 0 Å². The number of allylic oxidation sites excluding steroid dienone is 2. The van der Waals surface area contributed by atoms with Gasteiger partial charge in [-0.2, -0.15) is 0 Å². The molecule has 0 aromatic rings. The first-order valence-corrected chi connectivity index (χ1v) is 4.98. The summed E-state index contributed by atoms with van der Waals surface area (Å²) in [5, 5.41) is 0. The standard InChI is InChI=1S/C11H18O3/c1-14-11(13)9-7-5-3-2-4-6-8-10-12/h6,8,10H,2-5,7,9H2,1H3. The molecule has 0 aliphatic heterocycles. The van der Waals surface area contributed by atoms with Crippen molar-refractivity contribution >= 4 is 12.3 Å². The van der Waals surface area contributed by atoms with Crippen molar-refractivity contribution in [1.82, 2.24) is 0 Å². The highest BCUT2D eigenvalue weighted by atomic mass is 16.5. The van der Waals surface area contributed by atoms with Crippen LogP contribution in [0.3, 0.4) is 0 Å². The Morgan fingerprint density at radius 3 is 2.57 bits per heavy atom. The van der Waals surface area contributed by atoms with Gasteiger partial charge in [-0.3, -0.25) is 9.59 Å². The van der Waals surface area contributed by atoms with Gasteiger partial charge in [-0.15, -0.1) is 0 Å². The summed E-state index contributed by atoms with van der Waals surface area (Å²) in [4.78, 5) is 20.6. The zero-order valence-corrected chi connectivity index (χ0v) is 8.70. The fraction of sp³-hybridized carbons (Fsp3) is 0.636. The van der Waals surface area contributed by atoms with Gasteiger partial charge in [0.15, 0.2) is 0 Å². The number of unbranched alkanes of at least 4 members (excludes halogenated alkanes) is 4. The summed E-state index contributed by atoms with van der Waals surface area (Å²) >= 11 is 0. The molecule has 80 valence electrons. The minimum absolute atomic E-state index is 0.133. The van der Waals surface area contributed by atoms with Crippen LogP contribution in [-0.2, 0) is 14.3 Å². The zero-order valence-electron chi connectivity index (χ0n) is 8.70. The summed E-state index contributed by atoms with van der Waals surface area (Å²) in [5.41, 5.74) is 0. The Labute approximate surface area is 85.1 Å². The van der Waals surface area contributed by atoms with E-state index in [4.69, 9.17) is 0 Å². The predicted molar refractivity (Wildman–Crippen MR) is 54.9 cm³/mol. The van der Waals surface area contributed by atoms with E-state index in [2.05, 4.69) is 4.74 Å². The van der Waals surface area contributed by atoms with Crippen molar-refractivity contribution in [3.8, 4) is 0 Å². The molecule has 0 N–H and O–H groups in total. The number of rotatable bonds is 8. The van der Waals surface area contributed by atoms with E-state index in [9.17, 15) is 9.59 Å². The highest BCUT2D eigenvalue weighted by Gasteiger charge is 1.98. The van der Waals surface area contributed by atoms with Crippen LogP contribution in [0.5, 0.6) is 0 Å². The first kappa shape index (κ1) is 12.9. The molecule has 0 amide bonds. The molecule has 0 aromatic carbocycles. The van der Waals surface area contributed by atoms with Gasteiger partial charge >= 0.3 is 5.97 Å². The van der Waals surface area contributed by atoms with E-state index in [1.54, 1.807) is 0 Å². The van der Waals surface area contributed by atoms with Gasteiger partial charge in [-0.05, 0) is 25.3 Å². The lowest BCUT2D eigenvalue weighted by Crippen LogP contribution is -1.98. The molecule has 0 rings (SSSR count). The second-order valence-corrected chi connectivity index (χ2v) is 3.09. The van der Waals surface area contributed by atoms with Crippen molar-refractivity contribution < 1.29 is 14.3 Å². The van der Waals surface area contributed by atoms with Gasteiger partial charge in [0, 0.05) is 6.42 Å². The minimum atomic E-state index is -0.133. The summed E-state index contributed by atoms with van der Waals surface area (Å²) in [6.45, 7) is 0. The zero-order chi connectivity index (χ0) is 10.6. The van der Waals surface area contributed by atoms with E-state index < -0.39 is 0 Å². The Morgan fingerprint density at radius 2 is 1.93 bits per heavy atom. The number of hydrogen-bond acceptors (Lipinski definition) is 3. The normalized spacial score (nSPS) is 10.4. The van der Waals surface area contributed by atoms with E-state index in [1.165, 1.54) is 13.2 Å². The van der Waals surface area contributed by atoms with Gasteiger partial charge in [0.1, 0.15) is 6.29 Å². The third-order valence-electron chi connectivity index (χ3n) is 1.94. The first-order chi connectivity index (χ1) is 6.81. The number of ether oxygens (including phenoxy) is 1. The molecule has 0 fully saturated rings. The number of aldehydes is 1. The molecule has 0 bridgehead atoms. The molecule has 0 saturated carbocycles. The topological polar surface area (TPSA) is 43.4 Å². The lowest BCUT2D eigenvalue weighted by molar-refractivity contribution is -0.140. The first-order valence-electron chi connectivity index (χ1n) is 4.98. The number of esters is 1. The van der Waals surface area contributed by atoms with Crippen LogP contribution in [-0.4, -0.2) is 19.4 Å². The Morgan fingerprint density at radius 1 is 1.21 bits per heavy atom. The molecule has 0 aliphatic carbocycles. The van der Waals surface area contributed by atoms with E-state index in [1.807, 2.05) is 6.08 Å². The molecule has 14 heavy (non-hydrogen) atoms. The molecule has 0 heterocycles. The summed E-state index contributed by atoms with van der Waals surface area (Å²) in [7, 11) is 1.41. The average molecular weight is 198 g/mol. The van der Waals surface area contributed by atoms with Crippen LogP contribution in [0.25, 0.3) is 0 Å². The summed E-state index contributed by atoms with van der Waals surface area (Å²) < 4.78 is 4.52. The van der Waals surface area contributed by atoms with Gasteiger partial charge in [0.25, 0.3) is 0 Å². The molecular formula is C11H18O3. The molecular weight excluding hydrogens is 180 g/mol. The van der Waals surface area contributed by atoms with Crippen LogP contribution in [0.15, 0.2) is 12.2 Å². The average Bonchev–Trinajstić information content (AvgIpc) is 2.21. The molecule has 0 radical (unpaired) electrons. The Balaban J connectivity index is 3.10. The second-order valence-electron chi connectivity index (χ2n) is 3.09. The second kappa shape index (κ2) is 9.96. The van der Waals surface area contributed by atoms with Crippen molar-refractivity contribution in [3.05, 3.63) is 12.2 Å². The monoisotopic (exact) mass is 198 g/mol. The van der Waals surface area contributed by atoms with Gasteiger partial charge in [0.05, 0.1) is 7.11 Å². The van der Waals surface area contributed by atoms with Crippen molar-refractivity contribution in [1.29, 1.82) is 0 Å². The highest BCUT2D eigenvalue weighted by Crippen LogP contribution is 2.06. The molecule has 0 aliphatic rings. The maximum absolute atomic E-state index is 10.7. The van der Waals surface area contributed by atoms with Crippen LogP contribution in [0.1, 0.15) is 38.5 Å². The Bertz CT molecular complexity index is 185. The van der Waals surface area contributed by atoms with Crippen LogP contribution in [0.4, 0.5) is 0 Å². The maximum atomic E-state index is 10.7. The van der Waals surface area contributed by atoms with Crippen molar-refractivity contribution in [2.45, 2.75) is 38.5 Å². The van der Waals surface area contributed by atoms with E-state index in [-0.39, 0.29) is 5.97 Å². The lowest BCUT2D eigenvalue weighted by atomic mass is 10.1. The highest BCUT2D eigenvalue weighted by molar-refractivity contribution is 5.68. The van der Waals surface area contributed by atoms with Crippen molar-refractivity contribution in [3.63, 3.8) is 0 Å². The lowest BCUT2D eigenvalue weighted by Gasteiger charge is -1.98. The smallest absolute Gasteiger partial charge is 0.305 e. The van der Waals surface area contributed by atoms with Crippen LogP contribution < -0.4 is 0 Å². The van der Waals surface area contributed by atoms with E-state index >= 15 is 0 Å². The maximum Gasteiger partial charge on any atom is 0.305 e. The van der Waals surface area contributed by atoms with Crippen LogP contribution >= 0.6 is 0 Å². The summed E-state index contributed by atoms with van der Waals surface area (Å²) in [6, 6.07) is 0.